The Morgan fingerprint density at radius 1 is 1.28 bits per heavy atom. The highest BCUT2D eigenvalue weighted by Gasteiger charge is 2.42. The van der Waals surface area contributed by atoms with Gasteiger partial charge in [-0.3, -0.25) is 4.79 Å². The highest BCUT2D eigenvalue weighted by atomic mass is 19.4. The van der Waals surface area contributed by atoms with Gasteiger partial charge in [0.05, 0.1) is 19.1 Å². The van der Waals surface area contributed by atoms with E-state index in [4.69, 9.17) is 4.74 Å². The molecule has 2 saturated heterocycles. The molecule has 2 rings (SSSR count). The molecule has 1 atom stereocenters. The Labute approximate surface area is 103 Å². The lowest BCUT2D eigenvalue weighted by Crippen LogP contribution is -2.54. The smallest absolute Gasteiger partial charge is 0.378 e. The van der Waals surface area contributed by atoms with Gasteiger partial charge in [0.2, 0.25) is 5.91 Å². The number of nitrogens with zero attached hydrogens (tertiary/aromatic N) is 1. The lowest BCUT2D eigenvalue weighted by Gasteiger charge is -2.35. The zero-order valence-electron chi connectivity index (χ0n) is 10.0. The SMILES string of the molecule is O=C(C1COCCN1)N1CCC(C(F)(F)F)CC1. The van der Waals surface area contributed by atoms with E-state index >= 15 is 0 Å². The van der Waals surface area contributed by atoms with Crippen molar-refractivity contribution in [3.05, 3.63) is 0 Å². The minimum Gasteiger partial charge on any atom is -0.378 e. The van der Waals surface area contributed by atoms with Crippen molar-refractivity contribution in [3.8, 4) is 0 Å². The van der Waals surface area contributed by atoms with Crippen molar-refractivity contribution >= 4 is 5.91 Å². The number of carbonyl (C=O) groups is 1. The minimum absolute atomic E-state index is 0.00279. The highest BCUT2D eigenvalue weighted by molar-refractivity contribution is 5.82. The number of nitrogens with one attached hydrogen (secondary N) is 1. The van der Waals surface area contributed by atoms with Crippen LogP contribution in [0.25, 0.3) is 0 Å². The lowest BCUT2D eigenvalue weighted by atomic mass is 9.96. The highest BCUT2D eigenvalue weighted by Crippen LogP contribution is 2.34. The normalized spacial score (nSPS) is 27.3. The summed E-state index contributed by atoms with van der Waals surface area (Å²) in [6, 6.07) is -0.402. The molecule has 0 aliphatic carbocycles. The Hall–Kier alpha value is -0.820. The Morgan fingerprint density at radius 2 is 1.94 bits per heavy atom. The number of carbonyl (C=O) groups excluding carboxylic acids is 1. The molecular formula is C11H17F3N2O2. The molecule has 0 radical (unpaired) electrons. The number of morpholine rings is 1. The Morgan fingerprint density at radius 3 is 2.44 bits per heavy atom. The first-order chi connectivity index (χ1) is 8.48. The molecule has 1 unspecified atom stereocenters. The van der Waals surface area contributed by atoms with Gasteiger partial charge in [-0.15, -0.1) is 0 Å². The second-order valence-corrected chi connectivity index (χ2v) is 4.72. The summed E-state index contributed by atoms with van der Waals surface area (Å²) in [6.07, 6.45) is -4.13. The largest absolute Gasteiger partial charge is 0.391 e. The first-order valence-corrected chi connectivity index (χ1v) is 6.15. The predicted molar refractivity (Wildman–Crippen MR) is 58.0 cm³/mol. The van der Waals surface area contributed by atoms with Crippen LogP contribution in [0.15, 0.2) is 0 Å². The van der Waals surface area contributed by atoms with Gasteiger partial charge in [0, 0.05) is 19.6 Å². The van der Waals surface area contributed by atoms with Gasteiger partial charge < -0.3 is 15.0 Å². The monoisotopic (exact) mass is 266 g/mol. The molecule has 4 nitrogen and oxygen atoms in total. The molecule has 0 aromatic carbocycles. The second-order valence-electron chi connectivity index (χ2n) is 4.72. The van der Waals surface area contributed by atoms with Crippen LogP contribution in [0.3, 0.4) is 0 Å². The maximum Gasteiger partial charge on any atom is 0.391 e. The van der Waals surface area contributed by atoms with Crippen LogP contribution in [0.4, 0.5) is 13.2 Å². The average molecular weight is 266 g/mol. The van der Waals surface area contributed by atoms with Crippen molar-refractivity contribution in [2.75, 3.05) is 32.8 Å². The van der Waals surface area contributed by atoms with Gasteiger partial charge >= 0.3 is 6.18 Å². The summed E-state index contributed by atoms with van der Waals surface area (Å²) in [5.41, 5.74) is 0. The fourth-order valence-electron chi connectivity index (χ4n) is 2.37. The maximum absolute atomic E-state index is 12.5. The molecule has 2 fully saturated rings. The van der Waals surface area contributed by atoms with Crippen molar-refractivity contribution in [1.29, 1.82) is 0 Å². The van der Waals surface area contributed by atoms with Gasteiger partial charge in [-0.05, 0) is 12.8 Å². The van der Waals surface area contributed by atoms with Crippen LogP contribution in [0.1, 0.15) is 12.8 Å². The van der Waals surface area contributed by atoms with E-state index in [-0.39, 0.29) is 31.8 Å². The van der Waals surface area contributed by atoms with Crippen LogP contribution >= 0.6 is 0 Å². The van der Waals surface area contributed by atoms with E-state index in [0.29, 0.717) is 19.8 Å². The summed E-state index contributed by atoms with van der Waals surface area (Å²) in [6.45, 7) is 1.84. The molecule has 1 N–H and O–H groups in total. The van der Waals surface area contributed by atoms with Crippen LogP contribution in [0.2, 0.25) is 0 Å². The van der Waals surface area contributed by atoms with Crippen molar-refractivity contribution < 1.29 is 22.7 Å². The molecule has 1 amide bonds. The topological polar surface area (TPSA) is 41.6 Å². The summed E-state index contributed by atoms with van der Waals surface area (Å²) < 4.78 is 42.6. The van der Waals surface area contributed by atoms with Crippen molar-refractivity contribution in [2.45, 2.75) is 25.1 Å². The summed E-state index contributed by atoms with van der Waals surface area (Å²) in [5.74, 6) is -1.41. The number of ether oxygens (including phenoxy) is 1. The van der Waals surface area contributed by atoms with Crippen LogP contribution in [0.5, 0.6) is 0 Å². The Bertz CT molecular complexity index is 295. The molecule has 0 bridgehead atoms. The second kappa shape index (κ2) is 5.44. The minimum atomic E-state index is -4.14. The average Bonchev–Trinajstić information content (AvgIpc) is 2.38. The number of amides is 1. The quantitative estimate of drug-likeness (QED) is 0.762. The lowest BCUT2D eigenvalue weighted by molar-refractivity contribution is -0.187. The van der Waals surface area contributed by atoms with Crippen LogP contribution in [0, 0.1) is 5.92 Å². The van der Waals surface area contributed by atoms with E-state index in [1.54, 1.807) is 0 Å². The number of alkyl halides is 3. The van der Waals surface area contributed by atoms with Gasteiger partial charge in [0.15, 0.2) is 0 Å². The number of hydrogen-bond donors (Lipinski definition) is 1. The Kier molecular flexibility index (Phi) is 4.11. The van der Waals surface area contributed by atoms with Crippen LogP contribution in [-0.4, -0.2) is 55.9 Å². The van der Waals surface area contributed by atoms with Crippen molar-refractivity contribution in [3.63, 3.8) is 0 Å². The molecule has 2 aliphatic heterocycles. The zero-order valence-corrected chi connectivity index (χ0v) is 10.0. The van der Waals surface area contributed by atoms with Crippen molar-refractivity contribution in [2.24, 2.45) is 5.92 Å². The molecule has 0 aromatic heterocycles. The van der Waals surface area contributed by atoms with Gasteiger partial charge in [0.1, 0.15) is 6.04 Å². The summed E-state index contributed by atoms with van der Waals surface area (Å²) in [7, 11) is 0. The third kappa shape index (κ3) is 3.14. The van der Waals surface area contributed by atoms with Gasteiger partial charge in [-0.1, -0.05) is 0 Å². The van der Waals surface area contributed by atoms with Gasteiger partial charge in [0.25, 0.3) is 0 Å². The molecule has 0 spiro atoms. The summed E-state index contributed by atoms with van der Waals surface area (Å²) >= 11 is 0. The fraction of sp³-hybridized carbons (Fsp3) is 0.909. The molecule has 7 heteroatoms. The first kappa shape index (κ1) is 13.6. The predicted octanol–water partition coefficient (Wildman–Crippen LogP) is 0.776. The number of piperidine rings is 1. The van der Waals surface area contributed by atoms with E-state index in [1.165, 1.54) is 4.90 Å². The molecule has 18 heavy (non-hydrogen) atoms. The summed E-state index contributed by atoms with van der Waals surface area (Å²) in [5, 5.41) is 3.02. The van der Waals surface area contributed by atoms with Gasteiger partial charge in [-0.2, -0.15) is 13.2 Å². The van der Waals surface area contributed by atoms with E-state index in [0.717, 1.165) is 0 Å². The van der Waals surface area contributed by atoms with E-state index in [1.807, 2.05) is 0 Å². The number of likely N-dealkylation sites (tertiary alicyclic amines) is 1. The van der Waals surface area contributed by atoms with Crippen LogP contribution in [-0.2, 0) is 9.53 Å². The van der Waals surface area contributed by atoms with E-state index < -0.39 is 18.1 Å². The third-order valence-corrected chi connectivity index (χ3v) is 3.49. The molecule has 0 saturated carbocycles. The first-order valence-electron chi connectivity index (χ1n) is 6.15. The Balaban J connectivity index is 1.83. The maximum atomic E-state index is 12.5. The number of rotatable bonds is 1. The molecule has 2 heterocycles. The fourth-order valence-corrected chi connectivity index (χ4v) is 2.37. The molecule has 2 aliphatic rings. The van der Waals surface area contributed by atoms with E-state index in [2.05, 4.69) is 5.32 Å². The van der Waals surface area contributed by atoms with Crippen LogP contribution < -0.4 is 5.32 Å². The molecule has 104 valence electrons. The van der Waals surface area contributed by atoms with Gasteiger partial charge in [-0.25, -0.2) is 0 Å². The number of hydrogen-bond acceptors (Lipinski definition) is 3. The van der Waals surface area contributed by atoms with E-state index in [9.17, 15) is 18.0 Å². The summed E-state index contributed by atoms with van der Waals surface area (Å²) in [4.78, 5) is 13.5. The third-order valence-electron chi connectivity index (χ3n) is 3.49. The molecule has 0 aromatic rings. The van der Waals surface area contributed by atoms with Crippen molar-refractivity contribution in [1.82, 2.24) is 10.2 Å². The molecular weight excluding hydrogens is 249 g/mol. The zero-order chi connectivity index (χ0) is 13.2. The standard InChI is InChI=1S/C11H17F3N2O2/c12-11(13,14)8-1-4-16(5-2-8)10(17)9-7-18-6-3-15-9/h8-9,15H,1-7H2. The number of halogens is 3.